The van der Waals surface area contributed by atoms with Crippen molar-refractivity contribution < 1.29 is 22.7 Å². The predicted octanol–water partition coefficient (Wildman–Crippen LogP) is 4.69. The normalized spacial score (nSPS) is 15.8. The lowest BCUT2D eigenvalue weighted by Crippen LogP contribution is -2.19. The molecule has 1 aliphatic heterocycles. The minimum absolute atomic E-state index is 0.0568. The molecular formula is C26H28F3N7O2. The summed E-state index contributed by atoms with van der Waals surface area (Å²) >= 11 is 0. The Labute approximate surface area is 218 Å². The number of aldehydes is 1. The van der Waals surface area contributed by atoms with Crippen LogP contribution >= 0.6 is 0 Å². The number of nitrogens with zero attached hydrogens (tertiary/aromatic N) is 6. The van der Waals surface area contributed by atoms with Gasteiger partial charge in [0.05, 0.1) is 11.6 Å². The zero-order valence-corrected chi connectivity index (χ0v) is 21.1. The van der Waals surface area contributed by atoms with Crippen molar-refractivity contribution in [2.75, 3.05) is 25.0 Å². The summed E-state index contributed by atoms with van der Waals surface area (Å²) in [4.78, 5) is 21.8. The van der Waals surface area contributed by atoms with Gasteiger partial charge in [-0.3, -0.25) is 4.79 Å². The SMILES string of the molecule is CN[C@@H](C)c1nc(N2CCCC2)nn1-c1ccc(C#N)cn1.O=Cc1cc(OC(F)(F)F)cc(C2CC2)c1. The van der Waals surface area contributed by atoms with E-state index < -0.39 is 6.36 Å². The first-order valence-electron chi connectivity index (χ1n) is 12.3. The molecule has 200 valence electrons. The quantitative estimate of drug-likeness (QED) is 0.441. The minimum Gasteiger partial charge on any atom is -0.406 e. The summed E-state index contributed by atoms with van der Waals surface area (Å²) in [7, 11) is 1.89. The average molecular weight is 528 g/mol. The molecule has 1 aliphatic carbocycles. The molecule has 1 saturated carbocycles. The minimum atomic E-state index is -4.72. The lowest BCUT2D eigenvalue weighted by Gasteiger charge is -2.11. The number of carbonyl (C=O) groups is 1. The van der Waals surface area contributed by atoms with Crippen LogP contribution in [0.25, 0.3) is 5.82 Å². The third-order valence-electron chi connectivity index (χ3n) is 6.29. The van der Waals surface area contributed by atoms with Gasteiger partial charge in [0.25, 0.3) is 0 Å². The Morgan fingerprint density at radius 1 is 1.21 bits per heavy atom. The first-order valence-corrected chi connectivity index (χ1v) is 12.3. The summed E-state index contributed by atoms with van der Waals surface area (Å²) in [6.45, 7) is 4.04. The third-order valence-corrected chi connectivity index (χ3v) is 6.29. The van der Waals surface area contributed by atoms with Crippen LogP contribution in [0.15, 0.2) is 36.5 Å². The van der Waals surface area contributed by atoms with Crippen LogP contribution < -0.4 is 15.0 Å². The van der Waals surface area contributed by atoms with E-state index in [9.17, 15) is 18.0 Å². The van der Waals surface area contributed by atoms with E-state index in [2.05, 4.69) is 31.1 Å². The molecule has 1 aromatic carbocycles. The highest BCUT2D eigenvalue weighted by atomic mass is 19.4. The van der Waals surface area contributed by atoms with Crippen molar-refractivity contribution in [3.63, 3.8) is 0 Å². The molecule has 1 N–H and O–H groups in total. The Balaban J connectivity index is 0.000000186. The van der Waals surface area contributed by atoms with Gasteiger partial charge in [-0.25, -0.2) is 4.98 Å². The molecule has 0 radical (unpaired) electrons. The second-order valence-electron chi connectivity index (χ2n) is 9.18. The summed E-state index contributed by atoms with van der Waals surface area (Å²) in [5.74, 6) is 2.20. The average Bonchev–Trinajstić information content (AvgIpc) is 3.43. The van der Waals surface area contributed by atoms with E-state index in [4.69, 9.17) is 10.2 Å². The molecule has 2 fully saturated rings. The van der Waals surface area contributed by atoms with Crippen molar-refractivity contribution in [3.8, 4) is 17.6 Å². The van der Waals surface area contributed by atoms with Gasteiger partial charge in [0.2, 0.25) is 5.95 Å². The smallest absolute Gasteiger partial charge is 0.406 e. The fraction of sp³-hybridized carbons (Fsp3) is 0.423. The molecule has 9 nitrogen and oxygen atoms in total. The molecule has 0 spiro atoms. The molecule has 2 aliphatic rings. The van der Waals surface area contributed by atoms with Crippen molar-refractivity contribution in [2.24, 2.45) is 0 Å². The van der Waals surface area contributed by atoms with Crippen molar-refractivity contribution >= 4 is 12.2 Å². The van der Waals surface area contributed by atoms with Crippen molar-refractivity contribution in [1.29, 1.82) is 5.26 Å². The highest BCUT2D eigenvalue weighted by Gasteiger charge is 2.32. The molecule has 1 atom stereocenters. The Kier molecular flexibility index (Phi) is 8.26. The Hall–Kier alpha value is -3.98. The van der Waals surface area contributed by atoms with Gasteiger partial charge in [0.1, 0.15) is 18.1 Å². The number of anilines is 1. The number of nitriles is 1. The van der Waals surface area contributed by atoms with Gasteiger partial charge in [-0.1, -0.05) is 0 Å². The van der Waals surface area contributed by atoms with Gasteiger partial charge in [-0.15, -0.1) is 18.3 Å². The van der Waals surface area contributed by atoms with Gasteiger partial charge in [-0.05, 0) is 81.5 Å². The first-order chi connectivity index (χ1) is 18.2. The maximum atomic E-state index is 12.0. The fourth-order valence-electron chi connectivity index (χ4n) is 4.08. The summed E-state index contributed by atoms with van der Waals surface area (Å²) in [6, 6.07) is 9.71. The molecule has 38 heavy (non-hydrogen) atoms. The second-order valence-corrected chi connectivity index (χ2v) is 9.18. The van der Waals surface area contributed by atoms with Crippen LogP contribution in [-0.2, 0) is 0 Å². The first kappa shape index (κ1) is 27.1. The largest absolute Gasteiger partial charge is 0.573 e. The van der Waals surface area contributed by atoms with Crippen LogP contribution in [0.5, 0.6) is 5.75 Å². The van der Waals surface area contributed by atoms with Crippen molar-refractivity contribution in [1.82, 2.24) is 25.1 Å². The molecular weight excluding hydrogens is 499 g/mol. The molecule has 5 rings (SSSR count). The molecule has 0 amide bonds. The van der Waals surface area contributed by atoms with E-state index in [0.29, 0.717) is 17.7 Å². The molecule has 3 heterocycles. The molecule has 0 bridgehead atoms. The molecule has 2 aromatic heterocycles. The highest BCUT2D eigenvalue weighted by Crippen LogP contribution is 2.42. The Morgan fingerprint density at radius 2 is 1.95 bits per heavy atom. The van der Waals surface area contributed by atoms with Gasteiger partial charge in [0.15, 0.2) is 11.6 Å². The zero-order chi connectivity index (χ0) is 27.3. The van der Waals surface area contributed by atoms with Crippen LogP contribution in [0, 0.1) is 11.3 Å². The molecule has 0 unspecified atom stereocenters. The standard InChI is InChI=1S/C15H19N7.C11H9F3O2/c1-11(17-2)14-19-15(21-7-3-4-8-21)20-22(14)13-6-5-12(9-16)10-18-13;12-11(13,14)16-10-4-7(6-15)3-9(5-10)8-1-2-8/h5-6,10-11,17H,3-4,7-8H2,1-2H3;3-6,8H,1-2H2/t11-;/m0./s1. The number of rotatable bonds is 7. The maximum Gasteiger partial charge on any atom is 0.573 e. The Bertz CT molecular complexity index is 1290. The third kappa shape index (κ3) is 6.86. The van der Waals surface area contributed by atoms with Crippen molar-refractivity contribution in [2.45, 2.75) is 50.9 Å². The van der Waals surface area contributed by atoms with E-state index in [1.54, 1.807) is 29.1 Å². The van der Waals surface area contributed by atoms with E-state index >= 15 is 0 Å². The monoisotopic (exact) mass is 527 g/mol. The van der Waals surface area contributed by atoms with Gasteiger partial charge < -0.3 is 15.0 Å². The topological polar surface area (TPSA) is 109 Å². The van der Waals surface area contributed by atoms with Gasteiger partial charge >= 0.3 is 6.36 Å². The van der Waals surface area contributed by atoms with Crippen LogP contribution in [0.1, 0.15) is 71.9 Å². The number of benzene rings is 1. The Morgan fingerprint density at radius 3 is 2.50 bits per heavy atom. The fourth-order valence-corrected chi connectivity index (χ4v) is 4.08. The van der Waals surface area contributed by atoms with E-state index in [-0.39, 0.29) is 23.3 Å². The van der Waals surface area contributed by atoms with Crippen molar-refractivity contribution in [3.05, 3.63) is 59.0 Å². The highest BCUT2D eigenvalue weighted by molar-refractivity contribution is 5.76. The number of ether oxygens (including phenoxy) is 1. The van der Waals surface area contributed by atoms with Crippen LogP contribution in [0.2, 0.25) is 0 Å². The number of halogens is 3. The van der Waals surface area contributed by atoms with E-state index in [1.807, 2.05) is 14.0 Å². The summed E-state index contributed by atoms with van der Waals surface area (Å²) in [5, 5.41) is 16.7. The van der Waals surface area contributed by atoms with E-state index in [1.165, 1.54) is 18.9 Å². The second kappa shape index (κ2) is 11.6. The number of aromatic nitrogens is 4. The number of hydrogen-bond donors (Lipinski definition) is 1. The van der Waals surface area contributed by atoms with Gasteiger partial charge in [-0.2, -0.15) is 14.9 Å². The molecule has 12 heteroatoms. The maximum absolute atomic E-state index is 12.0. The summed E-state index contributed by atoms with van der Waals surface area (Å²) in [5.41, 5.74) is 1.49. The number of carbonyl (C=O) groups excluding carboxylic acids is 1. The predicted molar refractivity (Wildman–Crippen MR) is 133 cm³/mol. The van der Waals surface area contributed by atoms with E-state index in [0.717, 1.165) is 49.3 Å². The van der Waals surface area contributed by atoms with Gasteiger partial charge in [0, 0.05) is 24.8 Å². The number of hydrogen-bond acceptors (Lipinski definition) is 8. The molecule has 1 saturated heterocycles. The lowest BCUT2D eigenvalue weighted by molar-refractivity contribution is -0.274. The van der Waals surface area contributed by atoms with Crippen LogP contribution in [-0.4, -0.2) is 52.5 Å². The number of pyridine rings is 1. The van der Waals surface area contributed by atoms with Crippen LogP contribution in [0.4, 0.5) is 19.1 Å². The molecule has 3 aromatic rings. The number of nitrogens with one attached hydrogen (secondary N) is 1. The summed E-state index contributed by atoms with van der Waals surface area (Å²) in [6.07, 6.45) is 1.63. The summed E-state index contributed by atoms with van der Waals surface area (Å²) < 4.78 is 41.6. The lowest BCUT2D eigenvalue weighted by atomic mass is 10.1. The number of alkyl halides is 3. The van der Waals surface area contributed by atoms with Crippen LogP contribution in [0.3, 0.4) is 0 Å². The zero-order valence-electron chi connectivity index (χ0n) is 21.1.